The highest BCUT2D eigenvalue weighted by molar-refractivity contribution is 8.00. The van der Waals surface area contributed by atoms with Crippen molar-refractivity contribution in [2.75, 3.05) is 16.8 Å². The van der Waals surface area contributed by atoms with Crippen LogP contribution in [0.1, 0.15) is 5.56 Å². The number of para-hydroxylation sites is 1. The molecule has 0 saturated carbocycles. The van der Waals surface area contributed by atoms with E-state index in [9.17, 15) is 0 Å². The number of thiocarbonyl (C=S) groups is 1. The molecule has 3 rings (SSSR count). The summed E-state index contributed by atoms with van der Waals surface area (Å²) < 4.78 is 5.86. The summed E-state index contributed by atoms with van der Waals surface area (Å²) in [6, 6.07) is 17.6. The molecule has 0 spiro atoms. The van der Waals surface area contributed by atoms with Gasteiger partial charge in [-0.1, -0.05) is 30.3 Å². The summed E-state index contributed by atoms with van der Waals surface area (Å²) in [6.45, 7) is 0. The highest BCUT2D eigenvalue weighted by atomic mass is 32.2. The number of thioether (sulfide) groups is 1. The third-order valence-electron chi connectivity index (χ3n) is 3.18. The molecular weight excluding hydrogens is 326 g/mol. The number of ether oxygens (including phenoxy) is 1. The van der Waals surface area contributed by atoms with Crippen LogP contribution in [0.3, 0.4) is 0 Å². The summed E-state index contributed by atoms with van der Waals surface area (Å²) in [5, 5.41) is 7.66. The van der Waals surface area contributed by atoms with Gasteiger partial charge in [0.05, 0.1) is 6.21 Å². The molecule has 0 aliphatic carbocycles. The van der Waals surface area contributed by atoms with E-state index in [1.807, 2.05) is 66.4 Å². The maximum Gasteiger partial charge on any atom is 0.191 e. The molecule has 1 aliphatic heterocycles. The lowest BCUT2D eigenvalue weighted by molar-refractivity contribution is 0.240. The normalized spacial score (nSPS) is 14.3. The van der Waals surface area contributed by atoms with Crippen LogP contribution in [0.25, 0.3) is 0 Å². The first-order chi connectivity index (χ1) is 11.3. The van der Waals surface area contributed by atoms with E-state index >= 15 is 0 Å². The van der Waals surface area contributed by atoms with Gasteiger partial charge in [0, 0.05) is 17.2 Å². The van der Waals surface area contributed by atoms with Crippen LogP contribution in [-0.4, -0.2) is 28.9 Å². The van der Waals surface area contributed by atoms with E-state index in [4.69, 9.17) is 17.0 Å². The van der Waals surface area contributed by atoms with Gasteiger partial charge in [0.1, 0.15) is 11.9 Å². The molecule has 1 fully saturated rings. The quantitative estimate of drug-likeness (QED) is 0.494. The Morgan fingerprint density at radius 2 is 2.00 bits per heavy atom. The lowest BCUT2D eigenvalue weighted by Crippen LogP contribution is -2.31. The van der Waals surface area contributed by atoms with Crippen molar-refractivity contribution < 1.29 is 4.74 Å². The van der Waals surface area contributed by atoms with Gasteiger partial charge < -0.3 is 10.1 Å². The van der Waals surface area contributed by atoms with Gasteiger partial charge in [0.25, 0.3) is 0 Å². The molecule has 0 atom stereocenters. The lowest BCUT2D eigenvalue weighted by atomic mass is 10.2. The maximum atomic E-state index is 5.86. The van der Waals surface area contributed by atoms with Crippen molar-refractivity contribution in [2.24, 2.45) is 5.10 Å². The summed E-state index contributed by atoms with van der Waals surface area (Å²) >= 11 is 7.10. The van der Waals surface area contributed by atoms with Gasteiger partial charge in [-0.2, -0.15) is 16.9 Å². The minimum Gasteiger partial charge on any atom is -0.489 e. The summed E-state index contributed by atoms with van der Waals surface area (Å²) in [5.74, 6) is 3.02. The predicted octanol–water partition coefficient (Wildman–Crippen LogP) is 3.50. The first-order valence-electron chi connectivity index (χ1n) is 7.29. The Bertz CT molecular complexity index is 687. The first-order valence-corrected chi connectivity index (χ1v) is 8.85. The summed E-state index contributed by atoms with van der Waals surface area (Å²) in [5.41, 5.74) is 4.70. The zero-order valence-corrected chi connectivity index (χ0v) is 14.1. The van der Waals surface area contributed by atoms with Crippen LogP contribution in [0.15, 0.2) is 59.7 Å². The Morgan fingerprint density at radius 3 is 2.74 bits per heavy atom. The van der Waals surface area contributed by atoms with E-state index in [0.29, 0.717) is 11.2 Å². The molecular formula is C17H17N3OS2. The molecule has 0 radical (unpaired) electrons. The number of rotatable bonds is 5. The van der Waals surface area contributed by atoms with Crippen molar-refractivity contribution in [2.45, 2.75) is 6.10 Å². The third-order valence-corrected chi connectivity index (χ3v) is 4.59. The highest BCUT2D eigenvalue weighted by Crippen LogP contribution is 2.24. The molecule has 1 saturated heterocycles. The number of anilines is 1. The molecule has 2 aromatic carbocycles. The summed E-state index contributed by atoms with van der Waals surface area (Å²) in [7, 11) is 0. The fourth-order valence-corrected chi connectivity index (χ4v) is 2.72. The molecule has 23 heavy (non-hydrogen) atoms. The lowest BCUT2D eigenvalue weighted by Gasteiger charge is -2.25. The van der Waals surface area contributed by atoms with E-state index in [2.05, 4.69) is 15.8 Å². The fraction of sp³-hybridized carbons (Fsp3) is 0.176. The van der Waals surface area contributed by atoms with Crippen LogP contribution in [-0.2, 0) is 0 Å². The van der Waals surface area contributed by atoms with Gasteiger partial charge >= 0.3 is 0 Å². The Balaban J connectivity index is 1.51. The standard InChI is InChI=1S/C17H17N3OS2/c22-17(19-14-6-2-1-3-7-14)20-18-10-13-5-4-8-15(9-13)21-16-11-23-12-16/h1-10,16H,11-12H2,(H2,19,20,22)/b18-10-. The van der Waals surface area contributed by atoms with Gasteiger partial charge in [-0.25, -0.2) is 0 Å². The monoisotopic (exact) mass is 343 g/mol. The summed E-state index contributed by atoms with van der Waals surface area (Å²) in [4.78, 5) is 0. The minimum atomic E-state index is 0.341. The Kier molecular flexibility index (Phi) is 5.50. The number of hydrogen-bond acceptors (Lipinski definition) is 4. The van der Waals surface area contributed by atoms with Gasteiger partial charge in [-0.3, -0.25) is 5.43 Å². The van der Waals surface area contributed by atoms with Crippen LogP contribution in [0.5, 0.6) is 5.75 Å². The number of nitrogens with one attached hydrogen (secondary N) is 2. The van der Waals surface area contributed by atoms with Gasteiger partial charge in [-0.15, -0.1) is 0 Å². The fourth-order valence-electron chi connectivity index (χ4n) is 1.99. The summed E-state index contributed by atoms with van der Waals surface area (Å²) in [6.07, 6.45) is 2.06. The zero-order chi connectivity index (χ0) is 15.9. The molecule has 1 aliphatic rings. The van der Waals surface area contributed by atoms with Crippen LogP contribution in [0, 0.1) is 0 Å². The molecule has 2 N–H and O–H groups in total. The van der Waals surface area contributed by atoms with Crippen molar-refractivity contribution in [3.8, 4) is 5.75 Å². The van der Waals surface area contributed by atoms with Crippen molar-refractivity contribution in [1.29, 1.82) is 0 Å². The number of hydrogen-bond donors (Lipinski definition) is 2. The van der Waals surface area contributed by atoms with Crippen molar-refractivity contribution in [3.05, 3.63) is 60.2 Å². The molecule has 6 heteroatoms. The Hall–Kier alpha value is -2.05. The van der Waals surface area contributed by atoms with Crippen LogP contribution < -0.4 is 15.5 Å². The highest BCUT2D eigenvalue weighted by Gasteiger charge is 2.19. The average molecular weight is 343 g/mol. The smallest absolute Gasteiger partial charge is 0.191 e. The molecule has 2 aromatic rings. The second-order valence-corrected chi connectivity index (χ2v) is 6.52. The van der Waals surface area contributed by atoms with E-state index in [1.165, 1.54) is 0 Å². The topological polar surface area (TPSA) is 45.7 Å². The van der Waals surface area contributed by atoms with Gasteiger partial charge in [-0.05, 0) is 42.0 Å². The van der Waals surface area contributed by atoms with Gasteiger partial charge in [0.2, 0.25) is 0 Å². The van der Waals surface area contributed by atoms with Crippen LogP contribution >= 0.6 is 24.0 Å². The van der Waals surface area contributed by atoms with E-state index in [1.54, 1.807) is 6.21 Å². The number of nitrogens with zero attached hydrogens (tertiary/aromatic N) is 1. The van der Waals surface area contributed by atoms with Crippen LogP contribution in [0.4, 0.5) is 5.69 Å². The molecule has 0 unspecified atom stereocenters. The van der Waals surface area contributed by atoms with E-state index in [0.717, 1.165) is 28.5 Å². The van der Waals surface area contributed by atoms with Crippen molar-refractivity contribution in [3.63, 3.8) is 0 Å². The van der Waals surface area contributed by atoms with E-state index < -0.39 is 0 Å². The van der Waals surface area contributed by atoms with Crippen molar-refractivity contribution >= 4 is 41.0 Å². The molecule has 0 aromatic heterocycles. The maximum absolute atomic E-state index is 5.86. The zero-order valence-electron chi connectivity index (χ0n) is 12.4. The SMILES string of the molecule is S=C(N/N=C\c1cccc(OC2CSC2)c1)Nc1ccccc1. The first kappa shape index (κ1) is 15.8. The van der Waals surface area contributed by atoms with Gasteiger partial charge in [0.15, 0.2) is 5.11 Å². The molecule has 118 valence electrons. The molecule has 0 amide bonds. The second kappa shape index (κ2) is 7.99. The van der Waals surface area contributed by atoms with Crippen molar-refractivity contribution in [1.82, 2.24) is 5.43 Å². The predicted molar refractivity (Wildman–Crippen MR) is 102 cm³/mol. The molecule has 0 bridgehead atoms. The average Bonchev–Trinajstić information content (AvgIpc) is 2.52. The number of hydrazone groups is 1. The van der Waals surface area contributed by atoms with Crippen LogP contribution in [0.2, 0.25) is 0 Å². The second-order valence-electron chi connectivity index (χ2n) is 5.04. The molecule has 4 nitrogen and oxygen atoms in total. The third kappa shape index (κ3) is 4.97. The Morgan fingerprint density at radius 1 is 1.17 bits per heavy atom. The Labute approximate surface area is 145 Å². The number of benzene rings is 2. The minimum absolute atomic E-state index is 0.341. The largest absolute Gasteiger partial charge is 0.489 e. The van der Waals surface area contributed by atoms with E-state index in [-0.39, 0.29) is 0 Å². The molecule has 1 heterocycles.